The molecule has 0 saturated heterocycles. The van der Waals surface area contributed by atoms with Crippen LogP contribution in [0.5, 0.6) is 5.75 Å². The minimum Gasteiger partial charge on any atom is -0.487 e. The highest BCUT2D eigenvalue weighted by Gasteiger charge is 2.09. The van der Waals surface area contributed by atoms with Crippen LogP contribution in [0.2, 0.25) is 10.0 Å². The summed E-state index contributed by atoms with van der Waals surface area (Å²) in [6.45, 7) is 2.00. The first-order chi connectivity index (χ1) is 9.97. The lowest BCUT2D eigenvalue weighted by Crippen LogP contribution is -2.17. The second-order valence-corrected chi connectivity index (χ2v) is 5.76. The van der Waals surface area contributed by atoms with Crippen molar-refractivity contribution >= 4 is 23.2 Å². The summed E-state index contributed by atoms with van der Waals surface area (Å²) in [4.78, 5) is 0. The molecule has 112 valence electrons. The number of hydrogen-bond acceptors (Lipinski definition) is 2. The van der Waals surface area contributed by atoms with E-state index in [0.29, 0.717) is 16.3 Å². The SMILES string of the molecule is CC(N)Cc1ccc(OCc2cccc(Cl)c2F)c(Cl)c1. The molecule has 2 N–H and O–H groups in total. The van der Waals surface area contributed by atoms with Gasteiger partial charge in [0.2, 0.25) is 0 Å². The molecule has 1 atom stereocenters. The summed E-state index contributed by atoms with van der Waals surface area (Å²) in [5.41, 5.74) is 7.18. The van der Waals surface area contributed by atoms with Gasteiger partial charge >= 0.3 is 0 Å². The molecule has 2 rings (SSSR count). The molecule has 0 amide bonds. The molecule has 2 aromatic rings. The van der Waals surface area contributed by atoms with Gasteiger partial charge in [-0.2, -0.15) is 0 Å². The smallest absolute Gasteiger partial charge is 0.148 e. The number of nitrogens with two attached hydrogens (primary N) is 1. The van der Waals surface area contributed by atoms with E-state index in [-0.39, 0.29) is 17.7 Å². The Morgan fingerprint density at radius 1 is 1.19 bits per heavy atom. The van der Waals surface area contributed by atoms with Crippen molar-refractivity contribution in [1.82, 2.24) is 0 Å². The normalized spacial score (nSPS) is 12.2. The van der Waals surface area contributed by atoms with E-state index >= 15 is 0 Å². The van der Waals surface area contributed by atoms with Crippen molar-refractivity contribution in [3.8, 4) is 5.75 Å². The first-order valence-corrected chi connectivity index (χ1v) is 7.32. The minimum atomic E-state index is -0.469. The molecule has 1 unspecified atom stereocenters. The fourth-order valence-corrected chi connectivity index (χ4v) is 2.43. The molecule has 0 fully saturated rings. The number of rotatable bonds is 5. The molecule has 0 heterocycles. The van der Waals surface area contributed by atoms with E-state index in [1.54, 1.807) is 18.2 Å². The Labute approximate surface area is 133 Å². The van der Waals surface area contributed by atoms with Crippen LogP contribution in [0.15, 0.2) is 36.4 Å². The molecule has 2 nitrogen and oxygen atoms in total. The Morgan fingerprint density at radius 3 is 2.62 bits per heavy atom. The maximum absolute atomic E-state index is 13.8. The molecule has 5 heteroatoms. The molecule has 0 radical (unpaired) electrons. The summed E-state index contributed by atoms with van der Waals surface area (Å²) < 4.78 is 19.3. The van der Waals surface area contributed by atoms with E-state index in [0.717, 1.165) is 12.0 Å². The third kappa shape index (κ3) is 4.34. The standard InChI is InChI=1S/C16H16Cl2FNO/c1-10(20)7-11-5-6-15(14(18)8-11)21-9-12-3-2-4-13(17)16(12)19/h2-6,8,10H,7,9,20H2,1H3. The van der Waals surface area contributed by atoms with Gasteiger partial charge in [0.15, 0.2) is 0 Å². The number of benzene rings is 2. The summed E-state index contributed by atoms with van der Waals surface area (Å²) in [7, 11) is 0. The summed E-state index contributed by atoms with van der Waals surface area (Å²) in [6, 6.07) is 10.3. The fraction of sp³-hybridized carbons (Fsp3) is 0.250. The van der Waals surface area contributed by atoms with Gasteiger partial charge in [0.1, 0.15) is 18.2 Å². The molecule has 21 heavy (non-hydrogen) atoms. The summed E-state index contributed by atoms with van der Waals surface area (Å²) in [5.74, 6) is 0.0355. The van der Waals surface area contributed by atoms with Gasteiger partial charge in [-0.3, -0.25) is 0 Å². The average molecular weight is 328 g/mol. The number of hydrogen-bond donors (Lipinski definition) is 1. The first kappa shape index (κ1) is 16.1. The van der Waals surface area contributed by atoms with Crippen LogP contribution in [0.4, 0.5) is 4.39 Å². The van der Waals surface area contributed by atoms with Gasteiger partial charge in [0, 0.05) is 11.6 Å². The van der Waals surface area contributed by atoms with Gasteiger partial charge in [-0.15, -0.1) is 0 Å². The molecule has 0 aliphatic rings. The van der Waals surface area contributed by atoms with E-state index in [4.69, 9.17) is 33.7 Å². The molecule has 0 aliphatic heterocycles. The first-order valence-electron chi connectivity index (χ1n) is 6.57. The Morgan fingerprint density at radius 2 is 1.95 bits per heavy atom. The largest absolute Gasteiger partial charge is 0.487 e. The maximum Gasteiger partial charge on any atom is 0.148 e. The van der Waals surface area contributed by atoms with E-state index in [1.165, 1.54) is 6.07 Å². The molecule has 0 spiro atoms. The van der Waals surface area contributed by atoms with Gasteiger partial charge in [0.25, 0.3) is 0 Å². The Kier molecular flexibility index (Phi) is 5.45. The maximum atomic E-state index is 13.8. The van der Waals surface area contributed by atoms with Crippen molar-refractivity contribution in [2.75, 3.05) is 0 Å². The van der Waals surface area contributed by atoms with E-state index in [9.17, 15) is 4.39 Å². The third-order valence-corrected chi connectivity index (χ3v) is 3.56. The minimum absolute atomic E-state index is 0.0633. The number of halogens is 3. The predicted molar refractivity (Wildman–Crippen MR) is 84.5 cm³/mol. The molecular weight excluding hydrogens is 312 g/mol. The van der Waals surface area contributed by atoms with Crippen LogP contribution in [0.25, 0.3) is 0 Å². The van der Waals surface area contributed by atoms with Gasteiger partial charge in [-0.25, -0.2) is 4.39 Å². The van der Waals surface area contributed by atoms with Crippen molar-refractivity contribution in [3.63, 3.8) is 0 Å². The zero-order valence-corrected chi connectivity index (χ0v) is 13.1. The van der Waals surface area contributed by atoms with Gasteiger partial charge < -0.3 is 10.5 Å². The van der Waals surface area contributed by atoms with Crippen molar-refractivity contribution in [2.45, 2.75) is 26.0 Å². The Hall–Kier alpha value is -1.29. The lowest BCUT2D eigenvalue weighted by Gasteiger charge is -2.11. The zero-order chi connectivity index (χ0) is 15.4. The van der Waals surface area contributed by atoms with Crippen LogP contribution in [-0.2, 0) is 13.0 Å². The highest BCUT2D eigenvalue weighted by atomic mass is 35.5. The van der Waals surface area contributed by atoms with E-state index in [2.05, 4.69) is 0 Å². The van der Waals surface area contributed by atoms with E-state index in [1.807, 2.05) is 19.1 Å². The molecule has 0 bridgehead atoms. The molecular formula is C16H16Cl2FNO. The van der Waals surface area contributed by atoms with Gasteiger partial charge in [-0.05, 0) is 37.1 Å². The highest BCUT2D eigenvalue weighted by Crippen LogP contribution is 2.27. The van der Waals surface area contributed by atoms with Crippen LogP contribution in [-0.4, -0.2) is 6.04 Å². The highest BCUT2D eigenvalue weighted by molar-refractivity contribution is 6.32. The van der Waals surface area contributed by atoms with Crippen molar-refractivity contribution < 1.29 is 9.13 Å². The second-order valence-electron chi connectivity index (χ2n) is 4.95. The molecule has 0 aliphatic carbocycles. The average Bonchev–Trinajstić information content (AvgIpc) is 2.41. The van der Waals surface area contributed by atoms with Crippen LogP contribution in [0.1, 0.15) is 18.1 Å². The topological polar surface area (TPSA) is 35.2 Å². The van der Waals surface area contributed by atoms with Crippen LogP contribution in [0, 0.1) is 5.82 Å². The molecule has 2 aromatic carbocycles. The third-order valence-electron chi connectivity index (χ3n) is 2.97. The van der Waals surface area contributed by atoms with Crippen molar-refractivity contribution in [1.29, 1.82) is 0 Å². The molecule has 0 aromatic heterocycles. The predicted octanol–water partition coefficient (Wildman–Crippen LogP) is 4.60. The van der Waals surface area contributed by atoms with Gasteiger partial charge in [0.05, 0.1) is 10.0 Å². The second kappa shape index (κ2) is 7.12. The van der Waals surface area contributed by atoms with Crippen LogP contribution >= 0.6 is 23.2 Å². The van der Waals surface area contributed by atoms with Crippen LogP contribution in [0.3, 0.4) is 0 Å². The summed E-state index contributed by atoms with van der Waals surface area (Å²) >= 11 is 11.9. The van der Waals surface area contributed by atoms with E-state index < -0.39 is 5.82 Å². The van der Waals surface area contributed by atoms with Crippen molar-refractivity contribution in [2.24, 2.45) is 5.73 Å². The Bertz CT molecular complexity index is 632. The van der Waals surface area contributed by atoms with Crippen LogP contribution < -0.4 is 10.5 Å². The Balaban J connectivity index is 2.08. The fourth-order valence-electron chi connectivity index (χ4n) is 1.98. The van der Waals surface area contributed by atoms with Crippen molar-refractivity contribution in [3.05, 3.63) is 63.4 Å². The monoisotopic (exact) mass is 327 g/mol. The quantitative estimate of drug-likeness (QED) is 0.870. The molecule has 0 saturated carbocycles. The summed E-state index contributed by atoms with van der Waals surface area (Å²) in [5, 5.41) is 0.560. The zero-order valence-electron chi connectivity index (χ0n) is 11.6. The van der Waals surface area contributed by atoms with Gasteiger partial charge in [-0.1, -0.05) is 41.4 Å². The number of ether oxygens (including phenoxy) is 1. The summed E-state index contributed by atoms with van der Waals surface area (Å²) in [6.07, 6.45) is 0.739. The lowest BCUT2D eigenvalue weighted by molar-refractivity contribution is 0.300. The lowest BCUT2D eigenvalue weighted by atomic mass is 10.1.